The van der Waals surface area contributed by atoms with Gasteiger partial charge in [0, 0.05) is 37.3 Å². The fourth-order valence-corrected chi connectivity index (χ4v) is 2.53. The van der Waals surface area contributed by atoms with Crippen molar-refractivity contribution in [2.45, 2.75) is 26.7 Å². The fourth-order valence-electron chi connectivity index (χ4n) is 2.53. The maximum Gasteiger partial charge on any atom is 0.231 e. The second-order valence-electron chi connectivity index (χ2n) is 5.21. The van der Waals surface area contributed by atoms with Crippen LogP contribution in [0.2, 0.25) is 0 Å². The minimum absolute atomic E-state index is 0.0495. The van der Waals surface area contributed by atoms with Crippen LogP contribution in [0.5, 0.6) is 0 Å². The van der Waals surface area contributed by atoms with Crippen molar-refractivity contribution in [1.82, 2.24) is 0 Å². The molecule has 108 valence electrons. The molecule has 1 aromatic carbocycles. The molecule has 0 fully saturated rings. The minimum atomic E-state index is -0.189. The quantitative estimate of drug-likeness (QED) is 0.878. The molecule has 2 amide bonds. The van der Waals surface area contributed by atoms with Gasteiger partial charge in [-0.3, -0.25) is 9.59 Å². The van der Waals surface area contributed by atoms with Crippen LogP contribution in [-0.2, 0) is 16.0 Å². The first-order valence-electron chi connectivity index (χ1n) is 6.95. The summed E-state index contributed by atoms with van der Waals surface area (Å²) in [5.74, 6) is -0.240. The van der Waals surface area contributed by atoms with Crippen LogP contribution < -0.4 is 16.0 Å². The SMILES string of the molecule is CC(=O)Nc1cccc2c1CCCN2C(=O)C(C)CN. The molecule has 0 aliphatic carbocycles. The standard InChI is InChI=1S/C15H21N3O2/c1-10(9-16)15(20)18-8-4-5-12-13(17-11(2)19)6-3-7-14(12)18/h3,6-7,10H,4-5,8-9,16H2,1-2H3,(H,17,19). The highest BCUT2D eigenvalue weighted by atomic mass is 16.2. The normalized spacial score (nSPS) is 15.4. The maximum atomic E-state index is 12.4. The molecular formula is C15H21N3O2. The number of rotatable bonds is 3. The third-order valence-electron chi connectivity index (χ3n) is 3.60. The van der Waals surface area contributed by atoms with E-state index in [0.717, 1.165) is 29.8 Å². The van der Waals surface area contributed by atoms with E-state index in [2.05, 4.69) is 5.32 Å². The number of anilines is 2. The van der Waals surface area contributed by atoms with Gasteiger partial charge in [0.1, 0.15) is 0 Å². The lowest BCUT2D eigenvalue weighted by atomic mass is 9.98. The van der Waals surface area contributed by atoms with Crippen molar-refractivity contribution in [1.29, 1.82) is 0 Å². The van der Waals surface area contributed by atoms with E-state index in [9.17, 15) is 9.59 Å². The van der Waals surface area contributed by atoms with Crippen molar-refractivity contribution in [3.8, 4) is 0 Å². The number of fused-ring (bicyclic) bond motifs is 1. The Hall–Kier alpha value is -1.88. The number of nitrogens with one attached hydrogen (secondary N) is 1. The van der Waals surface area contributed by atoms with Gasteiger partial charge in [-0.15, -0.1) is 0 Å². The van der Waals surface area contributed by atoms with Gasteiger partial charge < -0.3 is 16.0 Å². The van der Waals surface area contributed by atoms with E-state index in [1.165, 1.54) is 6.92 Å². The molecule has 0 spiro atoms. The molecule has 1 unspecified atom stereocenters. The van der Waals surface area contributed by atoms with Crippen molar-refractivity contribution >= 4 is 23.2 Å². The van der Waals surface area contributed by atoms with Crippen LogP contribution in [0.1, 0.15) is 25.8 Å². The molecule has 1 aliphatic heterocycles. The van der Waals surface area contributed by atoms with Gasteiger partial charge in [0.05, 0.1) is 0 Å². The van der Waals surface area contributed by atoms with Crippen LogP contribution >= 0.6 is 0 Å². The molecule has 3 N–H and O–H groups in total. The van der Waals surface area contributed by atoms with E-state index in [1.807, 2.05) is 25.1 Å². The Morgan fingerprint density at radius 3 is 2.85 bits per heavy atom. The number of amides is 2. The van der Waals surface area contributed by atoms with E-state index in [1.54, 1.807) is 4.90 Å². The second-order valence-corrected chi connectivity index (χ2v) is 5.21. The van der Waals surface area contributed by atoms with E-state index in [4.69, 9.17) is 5.73 Å². The number of carbonyl (C=O) groups excluding carboxylic acids is 2. The molecular weight excluding hydrogens is 254 g/mol. The van der Waals surface area contributed by atoms with Crippen LogP contribution in [0, 0.1) is 5.92 Å². The average Bonchev–Trinajstić information content (AvgIpc) is 2.45. The van der Waals surface area contributed by atoms with Gasteiger partial charge in [0.15, 0.2) is 0 Å². The number of nitrogens with two attached hydrogens (primary N) is 1. The Morgan fingerprint density at radius 1 is 1.45 bits per heavy atom. The zero-order chi connectivity index (χ0) is 14.7. The van der Waals surface area contributed by atoms with Crippen molar-refractivity contribution < 1.29 is 9.59 Å². The Bertz CT molecular complexity index is 528. The molecule has 2 rings (SSSR count). The third-order valence-corrected chi connectivity index (χ3v) is 3.60. The highest BCUT2D eigenvalue weighted by molar-refractivity contribution is 5.98. The molecule has 1 heterocycles. The summed E-state index contributed by atoms with van der Waals surface area (Å²) in [4.78, 5) is 25.4. The molecule has 0 aromatic heterocycles. The molecule has 5 nitrogen and oxygen atoms in total. The number of benzene rings is 1. The fraction of sp³-hybridized carbons (Fsp3) is 0.467. The van der Waals surface area contributed by atoms with E-state index in [-0.39, 0.29) is 17.7 Å². The minimum Gasteiger partial charge on any atom is -0.330 e. The first kappa shape index (κ1) is 14.5. The van der Waals surface area contributed by atoms with E-state index < -0.39 is 0 Å². The number of hydrogen-bond acceptors (Lipinski definition) is 3. The third kappa shape index (κ3) is 2.82. The van der Waals surface area contributed by atoms with E-state index in [0.29, 0.717) is 13.1 Å². The molecule has 0 saturated carbocycles. The van der Waals surface area contributed by atoms with Crippen LogP contribution in [0.15, 0.2) is 18.2 Å². The van der Waals surface area contributed by atoms with Crippen LogP contribution in [0.25, 0.3) is 0 Å². The molecule has 5 heteroatoms. The molecule has 1 atom stereocenters. The van der Waals surface area contributed by atoms with Crippen LogP contribution in [0.3, 0.4) is 0 Å². The van der Waals surface area contributed by atoms with Crippen molar-refractivity contribution in [3.63, 3.8) is 0 Å². The Labute approximate surface area is 119 Å². The predicted molar refractivity (Wildman–Crippen MR) is 79.6 cm³/mol. The molecule has 0 saturated heterocycles. The van der Waals surface area contributed by atoms with Gasteiger partial charge in [-0.25, -0.2) is 0 Å². The molecule has 0 bridgehead atoms. The summed E-state index contributed by atoms with van der Waals surface area (Å²) in [7, 11) is 0. The summed E-state index contributed by atoms with van der Waals surface area (Å²) in [5, 5.41) is 2.83. The van der Waals surface area contributed by atoms with Gasteiger partial charge in [-0.05, 0) is 30.5 Å². The number of hydrogen-bond donors (Lipinski definition) is 2. The average molecular weight is 275 g/mol. The number of carbonyl (C=O) groups is 2. The lowest BCUT2D eigenvalue weighted by Crippen LogP contribution is -2.41. The highest BCUT2D eigenvalue weighted by Gasteiger charge is 2.26. The topological polar surface area (TPSA) is 75.4 Å². The Morgan fingerprint density at radius 2 is 2.20 bits per heavy atom. The van der Waals surface area contributed by atoms with E-state index >= 15 is 0 Å². The number of nitrogens with zero attached hydrogens (tertiary/aromatic N) is 1. The van der Waals surface area contributed by atoms with Gasteiger partial charge in [0.25, 0.3) is 0 Å². The van der Waals surface area contributed by atoms with Gasteiger partial charge in [-0.1, -0.05) is 13.0 Å². The molecule has 20 heavy (non-hydrogen) atoms. The monoisotopic (exact) mass is 275 g/mol. The first-order chi connectivity index (χ1) is 9.54. The van der Waals surface area contributed by atoms with Crippen molar-refractivity contribution in [3.05, 3.63) is 23.8 Å². The maximum absolute atomic E-state index is 12.4. The zero-order valence-corrected chi connectivity index (χ0v) is 12.0. The second kappa shape index (κ2) is 6.05. The summed E-state index contributed by atoms with van der Waals surface area (Å²) >= 11 is 0. The van der Waals surface area contributed by atoms with Crippen molar-refractivity contribution in [2.24, 2.45) is 11.7 Å². The summed E-state index contributed by atoms with van der Waals surface area (Å²) in [5.41, 5.74) is 8.32. The zero-order valence-electron chi connectivity index (χ0n) is 12.0. The largest absolute Gasteiger partial charge is 0.330 e. The predicted octanol–water partition coefficient (Wildman–Crippen LogP) is 1.52. The molecule has 0 radical (unpaired) electrons. The Kier molecular flexibility index (Phi) is 4.39. The lowest BCUT2D eigenvalue weighted by molar-refractivity contribution is -0.121. The summed E-state index contributed by atoms with van der Waals surface area (Å²) < 4.78 is 0. The smallest absolute Gasteiger partial charge is 0.231 e. The summed E-state index contributed by atoms with van der Waals surface area (Å²) in [6.07, 6.45) is 1.76. The van der Waals surface area contributed by atoms with Crippen LogP contribution in [0.4, 0.5) is 11.4 Å². The molecule has 1 aromatic rings. The first-order valence-corrected chi connectivity index (χ1v) is 6.95. The Balaban J connectivity index is 2.36. The van der Waals surface area contributed by atoms with Gasteiger partial charge in [0.2, 0.25) is 11.8 Å². The van der Waals surface area contributed by atoms with Crippen LogP contribution in [-0.4, -0.2) is 24.9 Å². The highest BCUT2D eigenvalue weighted by Crippen LogP contribution is 2.33. The van der Waals surface area contributed by atoms with Gasteiger partial charge >= 0.3 is 0 Å². The van der Waals surface area contributed by atoms with Crippen molar-refractivity contribution in [2.75, 3.05) is 23.3 Å². The lowest BCUT2D eigenvalue weighted by Gasteiger charge is -2.32. The molecule has 1 aliphatic rings. The summed E-state index contributed by atoms with van der Waals surface area (Å²) in [6, 6.07) is 5.67. The van der Waals surface area contributed by atoms with Gasteiger partial charge in [-0.2, -0.15) is 0 Å². The summed E-state index contributed by atoms with van der Waals surface area (Å²) in [6.45, 7) is 4.38.